The van der Waals surface area contributed by atoms with E-state index >= 15 is 0 Å². The summed E-state index contributed by atoms with van der Waals surface area (Å²) in [5, 5.41) is 20.3. The SMILES string of the molecule is C=CC(=O)OC(C)C(O)COc1ccc(C(C)(C)c2ccc(OCC(O)C(C)OC(=O)C=C)cc2)cc1. The molecular weight excluding hydrogens is 476 g/mol. The average Bonchev–Trinajstić information content (AvgIpc) is 2.90. The van der Waals surface area contributed by atoms with Crippen LogP contribution >= 0.6 is 0 Å². The zero-order valence-electron chi connectivity index (χ0n) is 21.8. The first-order chi connectivity index (χ1) is 17.5. The number of carbonyl (C=O) groups is 2. The number of carbonyl (C=O) groups excluding carboxylic acids is 2. The highest BCUT2D eigenvalue weighted by molar-refractivity contribution is 5.81. The Morgan fingerprint density at radius 1 is 0.757 bits per heavy atom. The Labute approximate surface area is 218 Å². The summed E-state index contributed by atoms with van der Waals surface area (Å²) in [5.74, 6) is -0.0415. The molecule has 4 unspecified atom stereocenters. The molecule has 200 valence electrons. The molecule has 0 aliphatic carbocycles. The summed E-state index contributed by atoms with van der Waals surface area (Å²) in [6.45, 7) is 14.0. The minimum absolute atomic E-state index is 0.0278. The van der Waals surface area contributed by atoms with Crippen molar-refractivity contribution in [2.75, 3.05) is 13.2 Å². The van der Waals surface area contributed by atoms with Gasteiger partial charge in [-0.2, -0.15) is 0 Å². The molecular formula is C29H36O8. The molecule has 0 fully saturated rings. The lowest BCUT2D eigenvalue weighted by Gasteiger charge is -2.27. The van der Waals surface area contributed by atoms with Crippen LogP contribution in [0.15, 0.2) is 73.8 Å². The number of hydrogen-bond donors (Lipinski definition) is 2. The number of benzene rings is 2. The molecule has 0 heterocycles. The zero-order valence-corrected chi connectivity index (χ0v) is 21.8. The third-order valence-electron chi connectivity index (χ3n) is 6.01. The van der Waals surface area contributed by atoms with Crippen LogP contribution in [0.4, 0.5) is 0 Å². The largest absolute Gasteiger partial charge is 0.491 e. The van der Waals surface area contributed by atoms with Gasteiger partial charge < -0.3 is 29.2 Å². The number of esters is 2. The Balaban J connectivity index is 1.94. The van der Waals surface area contributed by atoms with Crippen LogP contribution in [-0.4, -0.2) is 59.8 Å². The highest BCUT2D eigenvalue weighted by Gasteiger charge is 2.24. The monoisotopic (exact) mass is 512 g/mol. The Hall–Kier alpha value is -3.62. The summed E-state index contributed by atoms with van der Waals surface area (Å²) in [6, 6.07) is 15.1. The van der Waals surface area contributed by atoms with Gasteiger partial charge in [-0.1, -0.05) is 51.3 Å². The van der Waals surface area contributed by atoms with E-state index < -0.39 is 36.4 Å². The van der Waals surface area contributed by atoms with Crippen LogP contribution in [0.2, 0.25) is 0 Å². The van der Waals surface area contributed by atoms with Gasteiger partial charge in [-0.05, 0) is 49.2 Å². The van der Waals surface area contributed by atoms with E-state index in [1.807, 2.05) is 48.5 Å². The average molecular weight is 513 g/mol. The first-order valence-corrected chi connectivity index (χ1v) is 12.0. The van der Waals surface area contributed by atoms with Crippen LogP contribution in [0.5, 0.6) is 11.5 Å². The maximum absolute atomic E-state index is 11.3. The molecule has 0 saturated heterocycles. The Bertz CT molecular complexity index is 959. The lowest BCUT2D eigenvalue weighted by molar-refractivity contribution is -0.149. The fraction of sp³-hybridized carbons (Fsp3) is 0.379. The molecule has 0 bridgehead atoms. The number of aliphatic hydroxyl groups excluding tert-OH is 2. The van der Waals surface area contributed by atoms with Crippen molar-refractivity contribution in [3.63, 3.8) is 0 Å². The van der Waals surface area contributed by atoms with Crippen molar-refractivity contribution in [1.29, 1.82) is 0 Å². The van der Waals surface area contributed by atoms with Gasteiger partial charge in [-0.25, -0.2) is 9.59 Å². The lowest BCUT2D eigenvalue weighted by Crippen LogP contribution is -2.33. The minimum atomic E-state index is -0.979. The maximum atomic E-state index is 11.3. The van der Waals surface area contributed by atoms with Gasteiger partial charge in [0.1, 0.15) is 49.1 Å². The Kier molecular flexibility index (Phi) is 10.9. The number of rotatable bonds is 14. The fourth-order valence-electron chi connectivity index (χ4n) is 3.36. The Morgan fingerprint density at radius 3 is 1.38 bits per heavy atom. The van der Waals surface area contributed by atoms with Crippen LogP contribution < -0.4 is 9.47 Å². The fourth-order valence-corrected chi connectivity index (χ4v) is 3.36. The van der Waals surface area contributed by atoms with E-state index in [1.165, 1.54) is 0 Å². The summed E-state index contributed by atoms with van der Waals surface area (Å²) in [4.78, 5) is 22.5. The predicted molar refractivity (Wildman–Crippen MR) is 140 cm³/mol. The van der Waals surface area contributed by atoms with Crippen molar-refractivity contribution in [2.45, 2.75) is 57.5 Å². The molecule has 0 radical (unpaired) electrons. The van der Waals surface area contributed by atoms with Gasteiger partial charge in [0.2, 0.25) is 0 Å². The zero-order chi connectivity index (χ0) is 27.6. The van der Waals surface area contributed by atoms with Gasteiger partial charge in [0.25, 0.3) is 0 Å². The normalized spacial score (nSPS) is 14.4. The van der Waals surface area contributed by atoms with E-state index in [2.05, 4.69) is 27.0 Å². The first kappa shape index (κ1) is 29.6. The summed E-state index contributed by atoms with van der Waals surface area (Å²) < 4.78 is 21.3. The summed E-state index contributed by atoms with van der Waals surface area (Å²) in [7, 11) is 0. The molecule has 4 atom stereocenters. The van der Waals surface area contributed by atoms with Gasteiger partial charge in [-0.15, -0.1) is 0 Å². The molecule has 2 aromatic rings. The maximum Gasteiger partial charge on any atom is 0.330 e. The van der Waals surface area contributed by atoms with Gasteiger partial charge >= 0.3 is 11.9 Å². The van der Waals surface area contributed by atoms with Gasteiger partial charge in [-0.3, -0.25) is 0 Å². The second kappa shape index (κ2) is 13.6. The topological polar surface area (TPSA) is 112 Å². The highest BCUT2D eigenvalue weighted by Crippen LogP contribution is 2.33. The highest BCUT2D eigenvalue weighted by atomic mass is 16.6. The van der Waals surface area contributed by atoms with Crippen molar-refractivity contribution in [2.24, 2.45) is 0 Å². The summed E-state index contributed by atoms with van der Waals surface area (Å²) >= 11 is 0. The van der Waals surface area contributed by atoms with E-state index in [4.69, 9.17) is 18.9 Å². The standard InChI is InChI=1S/C29H36O8/c1-7-27(32)36-19(3)25(30)17-34-23-13-9-21(10-14-23)29(5,6)22-11-15-24(16-12-22)35-18-26(31)20(4)37-28(33)8-2/h7-16,19-20,25-26,30-31H,1-2,17-18H2,3-6H3. The predicted octanol–water partition coefficient (Wildman–Crippen LogP) is 3.73. The first-order valence-electron chi connectivity index (χ1n) is 12.0. The van der Waals surface area contributed by atoms with Gasteiger partial charge in [0, 0.05) is 17.6 Å². The summed E-state index contributed by atoms with van der Waals surface area (Å²) in [5.41, 5.74) is 1.78. The smallest absolute Gasteiger partial charge is 0.330 e. The van der Waals surface area contributed by atoms with Crippen LogP contribution in [0.25, 0.3) is 0 Å². The Morgan fingerprint density at radius 2 is 1.08 bits per heavy atom. The molecule has 37 heavy (non-hydrogen) atoms. The van der Waals surface area contributed by atoms with Crippen LogP contribution in [-0.2, 0) is 24.5 Å². The third-order valence-corrected chi connectivity index (χ3v) is 6.01. The molecule has 2 aromatic carbocycles. The molecule has 2 N–H and O–H groups in total. The van der Waals surface area contributed by atoms with E-state index in [-0.39, 0.29) is 18.6 Å². The van der Waals surface area contributed by atoms with Gasteiger partial charge in [0.05, 0.1) is 0 Å². The van der Waals surface area contributed by atoms with Crippen molar-refractivity contribution < 1.29 is 38.7 Å². The molecule has 2 rings (SSSR count). The number of hydrogen-bond acceptors (Lipinski definition) is 8. The molecule has 8 nitrogen and oxygen atoms in total. The van der Waals surface area contributed by atoms with Gasteiger partial charge in [0.15, 0.2) is 0 Å². The lowest BCUT2D eigenvalue weighted by atomic mass is 9.78. The second-order valence-electron chi connectivity index (χ2n) is 9.12. The molecule has 0 saturated carbocycles. The molecule has 0 aliphatic rings. The molecule has 0 spiro atoms. The third kappa shape index (κ3) is 8.77. The van der Waals surface area contributed by atoms with Crippen LogP contribution in [0.3, 0.4) is 0 Å². The van der Waals surface area contributed by atoms with Crippen LogP contribution in [0.1, 0.15) is 38.8 Å². The van der Waals surface area contributed by atoms with Crippen molar-refractivity contribution in [1.82, 2.24) is 0 Å². The second-order valence-corrected chi connectivity index (χ2v) is 9.12. The number of aliphatic hydroxyl groups is 2. The van der Waals surface area contributed by atoms with E-state index in [1.54, 1.807) is 13.8 Å². The molecule has 0 aliphatic heterocycles. The van der Waals surface area contributed by atoms with E-state index in [9.17, 15) is 19.8 Å². The molecule has 0 aromatic heterocycles. The van der Waals surface area contributed by atoms with E-state index in [0.717, 1.165) is 23.3 Å². The van der Waals surface area contributed by atoms with Crippen molar-refractivity contribution >= 4 is 11.9 Å². The molecule has 8 heteroatoms. The quantitative estimate of drug-likeness (QED) is 0.291. The number of ether oxygens (including phenoxy) is 4. The minimum Gasteiger partial charge on any atom is -0.491 e. The van der Waals surface area contributed by atoms with Crippen molar-refractivity contribution in [3.05, 3.63) is 85.0 Å². The molecule has 0 amide bonds. The van der Waals surface area contributed by atoms with Crippen molar-refractivity contribution in [3.8, 4) is 11.5 Å². The van der Waals surface area contributed by atoms with Crippen LogP contribution in [0, 0.1) is 0 Å². The van der Waals surface area contributed by atoms with E-state index in [0.29, 0.717) is 11.5 Å². The summed E-state index contributed by atoms with van der Waals surface area (Å²) in [6.07, 6.45) is -1.32.